The summed E-state index contributed by atoms with van der Waals surface area (Å²) < 4.78 is 10.5. The maximum atomic E-state index is 12.8. The topological polar surface area (TPSA) is 102 Å². The second-order valence-electron chi connectivity index (χ2n) is 14.8. The van der Waals surface area contributed by atoms with Gasteiger partial charge in [0.1, 0.15) is 22.9 Å². The highest BCUT2D eigenvalue weighted by molar-refractivity contribution is 7.98. The van der Waals surface area contributed by atoms with Crippen LogP contribution in [0.5, 0.6) is 11.5 Å². The molecule has 5 rings (SSSR count). The summed E-state index contributed by atoms with van der Waals surface area (Å²) in [4.78, 5) is 31.4. The van der Waals surface area contributed by atoms with Crippen LogP contribution in [0.3, 0.4) is 0 Å². The molecule has 2 heterocycles. The van der Waals surface area contributed by atoms with E-state index in [9.17, 15) is 9.59 Å². The summed E-state index contributed by atoms with van der Waals surface area (Å²) in [5.74, 6) is 5.83. The van der Waals surface area contributed by atoms with Crippen molar-refractivity contribution in [3.8, 4) is 22.6 Å². The van der Waals surface area contributed by atoms with Crippen molar-refractivity contribution in [1.29, 1.82) is 0 Å². The molecule has 0 bridgehead atoms. The molecule has 1 amide bonds. The van der Waals surface area contributed by atoms with E-state index < -0.39 is 0 Å². The van der Waals surface area contributed by atoms with Crippen LogP contribution in [0, 0.1) is 25.7 Å². The van der Waals surface area contributed by atoms with Gasteiger partial charge in [0.15, 0.2) is 6.29 Å². The number of nitrogens with one attached hydrogen (secondary N) is 2. The number of ether oxygens (including phenoxy) is 2. The van der Waals surface area contributed by atoms with Crippen molar-refractivity contribution in [2.24, 2.45) is 11.8 Å². The number of unbranched alkanes of at least 4 members (excludes halogenated alkanes) is 1. The van der Waals surface area contributed by atoms with Crippen molar-refractivity contribution < 1.29 is 19.1 Å². The van der Waals surface area contributed by atoms with Gasteiger partial charge in [-0.25, -0.2) is 0 Å². The zero-order valence-electron chi connectivity index (χ0n) is 40.4. The van der Waals surface area contributed by atoms with E-state index >= 15 is 0 Å². The quantitative estimate of drug-likeness (QED) is 0.120. The number of aldehydes is 1. The number of methoxy groups -OCH3 is 2. The van der Waals surface area contributed by atoms with Gasteiger partial charge in [-0.1, -0.05) is 105 Å². The fourth-order valence-electron chi connectivity index (χ4n) is 5.73. The molecular formula is C51H80N4O4S2. The number of nitrogens with zero attached hydrogens (tertiary/aromatic N) is 2. The molecule has 1 aliphatic carbocycles. The molecule has 8 nitrogen and oxygen atoms in total. The van der Waals surface area contributed by atoms with E-state index in [1.165, 1.54) is 55.6 Å². The minimum absolute atomic E-state index is 0.257. The average molecular weight is 877 g/mol. The SMILES string of the molecule is CC1CCC1C.CCCC.CCCSC.CCCSC.CCc1cnc(C(=O)Nc2cccc(-c3cccc(NC)c3C)c2C)cc1OC.CCc1cnc(C=O)cc1OC. The van der Waals surface area contributed by atoms with E-state index in [1.54, 1.807) is 38.7 Å². The molecule has 1 fully saturated rings. The third-order valence-electron chi connectivity index (χ3n) is 10.3. The van der Waals surface area contributed by atoms with Gasteiger partial charge in [0.05, 0.1) is 14.2 Å². The Balaban J connectivity index is 0.000000911. The van der Waals surface area contributed by atoms with Crippen LogP contribution in [0.15, 0.2) is 60.9 Å². The van der Waals surface area contributed by atoms with Crippen molar-refractivity contribution in [3.05, 3.63) is 94.6 Å². The lowest BCUT2D eigenvalue weighted by atomic mass is 9.77. The number of hydrogen-bond acceptors (Lipinski definition) is 9. The van der Waals surface area contributed by atoms with E-state index in [0.717, 1.165) is 69.6 Å². The maximum absolute atomic E-state index is 12.8. The number of benzene rings is 2. The van der Waals surface area contributed by atoms with Crippen molar-refractivity contribution in [2.75, 3.05) is 55.9 Å². The number of anilines is 2. The van der Waals surface area contributed by atoms with E-state index in [4.69, 9.17) is 9.47 Å². The lowest BCUT2D eigenvalue weighted by molar-refractivity contribution is 0.102. The Hall–Kier alpha value is -4.02. The summed E-state index contributed by atoms with van der Waals surface area (Å²) in [5, 5.41) is 6.22. The van der Waals surface area contributed by atoms with Crippen LogP contribution in [-0.2, 0) is 12.8 Å². The van der Waals surface area contributed by atoms with E-state index in [2.05, 4.69) is 99.8 Å². The van der Waals surface area contributed by atoms with Gasteiger partial charge in [0, 0.05) is 54.1 Å². The third-order valence-corrected chi connectivity index (χ3v) is 11.9. The second kappa shape index (κ2) is 34.6. The van der Waals surface area contributed by atoms with Crippen LogP contribution < -0.4 is 20.1 Å². The molecule has 1 saturated carbocycles. The summed E-state index contributed by atoms with van der Waals surface area (Å²) in [6, 6.07) is 15.5. The zero-order chi connectivity index (χ0) is 46.2. The van der Waals surface area contributed by atoms with Gasteiger partial charge in [-0.3, -0.25) is 19.6 Å². The molecule has 10 heteroatoms. The minimum Gasteiger partial charge on any atom is -0.496 e. The van der Waals surface area contributed by atoms with Gasteiger partial charge in [-0.15, -0.1) is 0 Å². The molecule has 2 atom stereocenters. The highest BCUT2D eigenvalue weighted by Gasteiger charge is 2.21. The first-order valence-corrected chi connectivity index (χ1v) is 24.8. The summed E-state index contributed by atoms with van der Waals surface area (Å²) in [5.41, 5.74) is 8.98. The minimum atomic E-state index is -0.257. The molecule has 4 aromatic rings. The van der Waals surface area contributed by atoms with Crippen LogP contribution in [0.2, 0.25) is 0 Å². The normalized spacial score (nSPS) is 13.2. The number of carbonyl (C=O) groups is 2. The smallest absolute Gasteiger partial charge is 0.274 e. The first kappa shape index (κ1) is 57.0. The molecule has 1 aliphatic rings. The number of aryl methyl sites for hydroxylation is 2. The molecule has 0 spiro atoms. The van der Waals surface area contributed by atoms with E-state index in [0.29, 0.717) is 23.4 Å². The number of thioether (sulfide) groups is 2. The second-order valence-corrected chi connectivity index (χ2v) is 16.8. The highest BCUT2D eigenvalue weighted by Crippen LogP contribution is 2.34. The molecule has 2 N–H and O–H groups in total. The van der Waals surface area contributed by atoms with E-state index in [1.807, 2.05) is 69.5 Å². The zero-order valence-corrected chi connectivity index (χ0v) is 42.1. The molecule has 340 valence electrons. The lowest BCUT2D eigenvalue weighted by Gasteiger charge is -2.29. The predicted molar refractivity (Wildman–Crippen MR) is 270 cm³/mol. The summed E-state index contributed by atoms with van der Waals surface area (Å²) in [7, 11) is 5.11. The molecule has 0 radical (unpaired) electrons. The molecule has 2 aromatic carbocycles. The Bertz CT molecular complexity index is 1780. The Morgan fingerprint density at radius 1 is 0.721 bits per heavy atom. The Labute approximate surface area is 380 Å². The third kappa shape index (κ3) is 21.1. The molecular weight excluding hydrogens is 797 g/mol. The number of pyridine rings is 2. The Morgan fingerprint density at radius 3 is 1.54 bits per heavy atom. The van der Waals surface area contributed by atoms with Crippen molar-refractivity contribution in [3.63, 3.8) is 0 Å². The molecule has 61 heavy (non-hydrogen) atoms. The number of aromatic nitrogens is 2. The van der Waals surface area contributed by atoms with Crippen LogP contribution in [0.25, 0.3) is 11.1 Å². The van der Waals surface area contributed by atoms with Gasteiger partial charge in [-0.2, -0.15) is 23.5 Å². The standard InChI is InChI=1S/C24H27N3O2.C9H11NO2.C6H12.2C4H10S.C4H10/c1-6-17-14-26-22(13-23(17)29-5)24(28)27-21-12-8-10-19(16(21)3)18-9-7-11-20(25-4)15(18)2;1-3-7-5-10-8(6-11)4-9(7)12-2;1-5-3-4-6(5)2;2*1-3-4-5-2;1-3-4-2/h7-14,25H,6H2,1-5H3,(H,27,28);4-6H,3H2,1-2H3;5-6H,3-4H2,1-2H3;2*3-4H2,1-2H3;3-4H2,1-2H3. The molecule has 0 saturated heterocycles. The largest absolute Gasteiger partial charge is 0.496 e. The van der Waals surface area contributed by atoms with Crippen LogP contribution in [0.1, 0.15) is 137 Å². The lowest BCUT2D eigenvalue weighted by Crippen LogP contribution is -2.18. The number of amides is 1. The van der Waals surface area contributed by atoms with Gasteiger partial charge >= 0.3 is 0 Å². The summed E-state index contributed by atoms with van der Waals surface area (Å²) in [6.45, 7) is 21.6. The summed E-state index contributed by atoms with van der Waals surface area (Å²) in [6.07, 6.45) is 18.2. The van der Waals surface area contributed by atoms with Crippen molar-refractivity contribution >= 4 is 47.1 Å². The van der Waals surface area contributed by atoms with Crippen LogP contribution in [-0.4, -0.2) is 67.4 Å². The van der Waals surface area contributed by atoms with Crippen LogP contribution in [0.4, 0.5) is 11.4 Å². The van der Waals surface area contributed by atoms with Gasteiger partial charge in [0.2, 0.25) is 0 Å². The molecule has 2 aromatic heterocycles. The fourth-order valence-corrected chi connectivity index (χ4v) is 6.55. The first-order valence-electron chi connectivity index (χ1n) is 22.0. The molecule has 2 unspecified atom stereocenters. The summed E-state index contributed by atoms with van der Waals surface area (Å²) >= 11 is 3.80. The van der Waals surface area contributed by atoms with Crippen molar-refractivity contribution in [1.82, 2.24) is 9.97 Å². The maximum Gasteiger partial charge on any atom is 0.274 e. The Morgan fingerprint density at radius 2 is 1.18 bits per heavy atom. The van der Waals surface area contributed by atoms with Gasteiger partial charge in [-0.05, 0) is 110 Å². The first-order chi connectivity index (χ1) is 29.4. The fraction of sp³-hybridized carbons (Fsp3) is 0.529. The van der Waals surface area contributed by atoms with Crippen molar-refractivity contribution in [2.45, 2.75) is 121 Å². The number of carbonyl (C=O) groups excluding carboxylic acids is 2. The van der Waals surface area contributed by atoms with Gasteiger partial charge in [0.25, 0.3) is 5.91 Å². The Kier molecular flexibility index (Phi) is 32.3. The van der Waals surface area contributed by atoms with Crippen LogP contribution >= 0.6 is 23.5 Å². The van der Waals surface area contributed by atoms with E-state index in [-0.39, 0.29) is 5.91 Å². The number of hydrogen-bond donors (Lipinski definition) is 2. The van der Waals surface area contributed by atoms with Gasteiger partial charge < -0.3 is 20.1 Å². The average Bonchev–Trinajstić information content (AvgIpc) is 3.30. The molecule has 0 aliphatic heterocycles. The monoisotopic (exact) mass is 877 g/mol. The predicted octanol–water partition coefficient (Wildman–Crippen LogP) is 14.1. The highest BCUT2D eigenvalue weighted by atomic mass is 32.2. The number of rotatable bonds is 14.